The van der Waals surface area contributed by atoms with Gasteiger partial charge in [0.05, 0.1) is 12.2 Å². The third-order valence-corrected chi connectivity index (χ3v) is 3.76. The fourth-order valence-electron chi connectivity index (χ4n) is 2.37. The number of hydrogen-bond acceptors (Lipinski definition) is 4. The van der Waals surface area contributed by atoms with Crippen molar-refractivity contribution in [3.63, 3.8) is 0 Å². The minimum atomic E-state index is -0.837. The minimum absolute atomic E-state index is 0.0314. The van der Waals surface area contributed by atoms with Gasteiger partial charge in [-0.15, -0.1) is 0 Å². The summed E-state index contributed by atoms with van der Waals surface area (Å²) < 4.78 is 24.2. The van der Waals surface area contributed by atoms with Gasteiger partial charge in [-0.05, 0) is 56.2 Å². The number of para-hydroxylation sites is 1. The van der Waals surface area contributed by atoms with Crippen LogP contribution >= 0.6 is 0 Å². The second-order valence-corrected chi connectivity index (χ2v) is 5.68. The molecule has 0 saturated carbocycles. The van der Waals surface area contributed by atoms with E-state index in [1.807, 2.05) is 0 Å². The third-order valence-electron chi connectivity index (χ3n) is 3.76. The molecule has 0 heterocycles. The maximum Gasteiger partial charge on any atom is 0.338 e. The van der Waals surface area contributed by atoms with Crippen LogP contribution < -0.4 is 10.1 Å². The lowest BCUT2D eigenvalue weighted by molar-refractivity contribution is -0.122. The maximum atomic E-state index is 13.7. The molecule has 1 atom stereocenters. The number of aryl methyl sites for hydroxylation is 1. The van der Waals surface area contributed by atoms with Crippen LogP contribution in [0.5, 0.6) is 5.75 Å². The largest absolute Gasteiger partial charge is 0.478 e. The number of carbonyl (C=O) groups is 2. The van der Waals surface area contributed by atoms with Gasteiger partial charge in [0.2, 0.25) is 0 Å². The average molecular weight is 359 g/mol. The molecule has 5 nitrogen and oxygen atoms in total. The Morgan fingerprint density at radius 1 is 1.15 bits per heavy atom. The molecule has 6 heteroatoms. The van der Waals surface area contributed by atoms with Crippen molar-refractivity contribution >= 4 is 17.6 Å². The van der Waals surface area contributed by atoms with Gasteiger partial charge in [0.15, 0.2) is 17.7 Å². The van der Waals surface area contributed by atoms with E-state index in [4.69, 9.17) is 9.47 Å². The van der Waals surface area contributed by atoms with Crippen LogP contribution in [-0.2, 0) is 9.53 Å². The summed E-state index contributed by atoms with van der Waals surface area (Å²) in [5, 5.41) is 2.76. The molecule has 2 rings (SSSR count). The summed E-state index contributed by atoms with van der Waals surface area (Å²) in [6.07, 6.45) is -0.462. The minimum Gasteiger partial charge on any atom is -0.478 e. The number of carbonyl (C=O) groups excluding carboxylic acids is 2. The molecule has 2 aromatic carbocycles. The van der Waals surface area contributed by atoms with E-state index in [9.17, 15) is 14.0 Å². The van der Waals surface area contributed by atoms with Crippen LogP contribution in [0.1, 0.15) is 36.2 Å². The number of rotatable bonds is 7. The van der Waals surface area contributed by atoms with Gasteiger partial charge in [-0.1, -0.05) is 19.1 Å². The Bertz CT molecular complexity index is 791. The summed E-state index contributed by atoms with van der Waals surface area (Å²) >= 11 is 0. The number of amides is 1. The van der Waals surface area contributed by atoms with Gasteiger partial charge < -0.3 is 14.8 Å². The van der Waals surface area contributed by atoms with Crippen molar-refractivity contribution in [1.29, 1.82) is 0 Å². The van der Waals surface area contributed by atoms with E-state index in [-0.39, 0.29) is 11.7 Å². The molecule has 26 heavy (non-hydrogen) atoms. The number of hydrogen-bond donors (Lipinski definition) is 1. The highest BCUT2D eigenvalue weighted by atomic mass is 19.1. The Morgan fingerprint density at radius 3 is 2.50 bits per heavy atom. The van der Waals surface area contributed by atoms with Crippen LogP contribution in [0.2, 0.25) is 0 Å². The molecule has 1 N–H and O–H groups in total. The Hall–Kier alpha value is -2.89. The summed E-state index contributed by atoms with van der Waals surface area (Å²) in [5.74, 6) is -1.29. The average Bonchev–Trinajstić information content (AvgIpc) is 2.62. The summed E-state index contributed by atoms with van der Waals surface area (Å²) in [6, 6.07) is 10.8. The van der Waals surface area contributed by atoms with Gasteiger partial charge in [0, 0.05) is 5.69 Å². The number of benzene rings is 2. The molecule has 0 aliphatic rings. The fraction of sp³-hybridized carbons (Fsp3) is 0.300. The van der Waals surface area contributed by atoms with Crippen molar-refractivity contribution in [2.24, 2.45) is 0 Å². The first kappa shape index (κ1) is 19.4. The summed E-state index contributed by atoms with van der Waals surface area (Å²) in [6.45, 7) is 5.58. The van der Waals surface area contributed by atoms with E-state index in [1.54, 1.807) is 51.1 Å². The molecule has 0 radical (unpaired) electrons. The lowest BCUT2D eigenvalue weighted by Gasteiger charge is -2.18. The first-order chi connectivity index (χ1) is 12.5. The zero-order valence-corrected chi connectivity index (χ0v) is 15.0. The van der Waals surface area contributed by atoms with Crippen LogP contribution in [-0.4, -0.2) is 24.6 Å². The number of anilines is 1. The van der Waals surface area contributed by atoms with E-state index >= 15 is 0 Å². The van der Waals surface area contributed by atoms with E-state index < -0.39 is 17.9 Å². The highest BCUT2D eigenvalue weighted by Gasteiger charge is 2.21. The highest BCUT2D eigenvalue weighted by Crippen LogP contribution is 2.21. The molecule has 0 aromatic heterocycles. The van der Waals surface area contributed by atoms with Gasteiger partial charge in [0.1, 0.15) is 0 Å². The Labute approximate surface area is 152 Å². The van der Waals surface area contributed by atoms with Crippen LogP contribution in [0.4, 0.5) is 10.1 Å². The van der Waals surface area contributed by atoms with Crippen LogP contribution in [0.25, 0.3) is 0 Å². The zero-order valence-electron chi connectivity index (χ0n) is 15.0. The summed E-state index contributed by atoms with van der Waals surface area (Å²) in [5.41, 5.74) is 1.68. The monoisotopic (exact) mass is 359 g/mol. The van der Waals surface area contributed by atoms with Crippen LogP contribution in [0.3, 0.4) is 0 Å². The normalized spacial score (nSPS) is 11.5. The predicted molar refractivity (Wildman–Crippen MR) is 96.9 cm³/mol. The van der Waals surface area contributed by atoms with Gasteiger partial charge >= 0.3 is 5.97 Å². The Morgan fingerprint density at radius 2 is 1.88 bits per heavy atom. The SMILES string of the molecule is CCOC(=O)c1ccc(NC(=O)C(CC)Oc2ccccc2F)c(C)c1. The standard InChI is InChI=1S/C20H22FNO4/c1-4-17(26-18-9-7-6-8-15(18)21)19(23)22-16-11-10-14(12-13(16)3)20(24)25-5-2/h6-12,17H,4-5H2,1-3H3,(H,22,23). The summed E-state index contributed by atoms with van der Waals surface area (Å²) in [4.78, 5) is 24.2. The van der Waals surface area contributed by atoms with Crippen LogP contribution in [0, 0.1) is 12.7 Å². The Kier molecular flexibility index (Phi) is 6.72. The molecule has 1 amide bonds. The second kappa shape index (κ2) is 8.99. The quantitative estimate of drug-likeness (QED) is 0.756. The third kappa shape index (κ3) is 4.81. The lowest BCUT2D eigenvalue weighted by atomic mass is 10.1. The molecule has 0 aliphatic heterocycles. The second-order valence-electron chi connectivity index (χ2n) is 5.68. The molecular formula is C20H22FNO4. The number of nitrogens with one attached hydrogen (secondary N) is 1. The van der Waals surface area contributed by atoms with Crippen molar-refractivity contribution in [1.82, 2.24) is 0 Å². The van der Waals surface area contributed by atoms with E-state index in [1.165, 1.54) is 12.1 Å². The lowest BCUT2D eigenvalue weighted by Crippen LogP contribution is -2.32. The summed E-state index contributed by atoms with van der Waals surface area (Å²) in [7, 11) is 0. The molecule has 0 spiro atoms. The molecule has 1 unspecified atom stereocenters. The van der Waals surface area contributed by atoms with Gasteiger partial charge in [-0.2, -0.15) is 0 Å². The molecule has 0 saturated heterocycles. The van der Waals surface area contributed by atoms with Crippen molar-refractivity contribution in [2.45, 2.75) is 33.3 Å². The van der Waals surface area contributed by atoms with E-state index in [2.05, 4.69) is 5.32 Å². The topological polar surface area (TPSA) is 64.6 Å². The van der Waals surface area contributed by atoms with Crippen molar-refractivity contribution < 1.29 is 23.5 Å². The molecular weight excluding hydrogens is 337 g/mol. The van der Waals surface area contributed by atoms with E-state index in [0.717, 1.165) is 0 Å². The van der Waals surface area contributed by atoms with Gasteiger partial charge in [0.25, 0.3) is 5.91 Å². The zero-order chi connectivity index (χ0) is 19.1. The van der Waals surface area contributed by atoms with Crippen LogP contribution in [0.15, 0.2) is 42.5 Å². The number of halogens is 1. The van der Waals surface area contributed by atoms with Gasteiger partial charge in [-0.25, -0.2) is 9.18 Å². The smallest absolute Gasteiger partial charge is 0.338 e. The first-order valence-electron chi connectivity index (χ1n) is 8.46. The van der Waals surface area contributed by atoms with Crippen molar-refractivity contribution in [3.8, 4) is 5.75 Å². The van der Waals surface area contributed by atoms with E-state index in [0.29, 0.717) is 29.8 Å². The van der Waals surface area contributed by atoms with Crippen molar-refractivity contribution in [3.05, 3.63) is 59.4 Å². The molecule has 2 aromatic rings. The molecule has 0 aliphatic carbocycles. The number of esters is 1. The number of ether oxygens (including phenoxy) is 2. The molecule has 0 fully saturated rings. The van der Waals surface area contributed by atoms with Gasteiger partial charge in [-0.3, -0.25) is 4.79 Å². The highest BCUT2D eigenvalue weighted by molar-refractivity contribution is 5.96. The molecule has 138 valence electrons. The first-order valence-corrected chi connectivity index (χ1v) is 8.46. The Balaban J connectivity index is 2.10. The van der Waals surface area contributed by atoms with Crippen molar-refractivity contribution in [2.75, 3.05) is 11.9 Å². The molecule has 0 bridgehead atoms. The fourth-order valence-corrected chi connectivity index (χ4v) is 2.37. The predicted octanol–water partition coefficient (Wildman–Crippen LogP) is 4.11. The maximum absolute atomic E-state index is 13.7.